The predicted octanol–water partition coefficient (Wildman–Crippen LogP) is 1.71. The molecule has 0 radical (unpaired) electrons. The van der Waals surface area contributed by atoms with Gasteiger partial charge in [0.1, 0.15) is 0 Å². The number of carbonyl (C=O) groups excluding carboxylic acids is 2. The molecule has 0 aliphatic heterocycles. The van der Waals surface area contributed by atoms with Gasteiger partial charge in [-0.25, -0.2) is 0 Å². The van der Waals surface area contributed by atoms with Crippen LogP contribution in [0.5, 0.6) is 0 Å². The number of ketones is 1. The second-order valence-electron chi connectivity index (χ2n) is 3.96. The van der Waals surface area contributed by atoms with Crippen molar-refractivity contribution in [2.45, 2.75) is 26.2 Å². The van der Waals surface area contributed by atoms with Gasteiger partial charge in [0, 0.05) is 12.0 Å². The Hall–Kier alpha value is -1.68. The lowest BCUT2D eigenvalue weighted by atomic mass is 10.0. The summed E-state index contributed by atoms with van der Waals surface area (Å²) in [5, 5.41) is 0. The maximum Gasteiger partial charge on any atom is 0.306 e. The van der Waals surface area contributed by atoms with Crippen molar-refractivity contribution in [3.8, 4) is 0 Å². The van der Waals surface area contributed by atoms with E-state index in [9.17, 15) is 9.59 Å². The van der Waals surface area contributed by atoms with Crippen molar-refractivity contribution < 1.29 is 14.3 Å². The molecule has 18 heavy (non-hydrogen) atoms. The number of hydrogen-bond donors (Lipinski definition) is 1. The van der Waals surface area contributed by atoms with Gasteiger partial charge in [0.15, 0.2) is 5.78 Å². The molecule has 0 atom stereocenters. The zero-order valence-corrected chi connectivity index (χ0v) is 10.6. The van der Waals surface area contributed by atoms with Crippen LogP contribution >= 0.6 is 0 Å². The monoisotopic (exact) mass is 249 g/mol. The highest BCUT2D eigenvalue weighted by molar-refractivity contribution is 5.97. The minimum atomic E-state index is -0.328. The van der Waals surface area contributed by atoms with Crippen LogP contribution in [0, 0.1) is 0 Å². The summed E-state index contributed by atoms with van der Waals surface area (Å²) in [5.41, 5.74) is 7.19. The SMILES string of the molecule is CCOC(=O)CCC(=O)c1ccc(CCN)cc1. The van der Waals surface area contributed by atoms with E-state index in [0.717, 1.165) is 12.0 Å². The molecule has 0 saturated heterocycles. The predicted molar refractivity (Wildman–Crippen MR) is 69.4 cm³/mol. The number of nitrogens with two attached hydrogens (primary N) is 1. The van der Waals surface area contributed by atoms with Crippen molar-refractivity contribution >= 4 is 11.8 Å². The maximum absolute atomic E-state index is 11.8. The zero-order valence-electron chi connectivity index (χ0n) is 10.6. The van der Waals surface area contributed by atoms with Gasteiger partial charge in [-0.05, 0) is 25.5 Å². The first kappa shape index (κ1) is 14.4. The highest BCUT2D eigenvalue weighted by Gasteiger charge is 2.09. The fourth-order valence-corrected chi connectivity index (χ4v) is 1.62. The highest BCUT2D eigenvalue weighted by Crippen LogP contribution is 2.09. The molecule has 1 aromatic rings. The first-order valence-corrected chi connectivity index (χ1v) is 6.15. The summed E-state index contributed by atoms with van der Waals surface area (Å²) in [5.74, 6) is -0.368. The molecule has 1 aromatic carbocycles. The number of benzene rings is 1. The fraction of sp³-hybridized carbons (Fsp3) is 0.429. The van der Waals surface area contributed by atoms with Crippen LogP contribution in [0.15, 0.2) is 24.3 Å². The fourth-order valence-electron chi connectivity index (χ4n) is 1.62. The summed E-state index contributed by atoms with van der Waals surface area (Å²) < 4.78 is 4.77. The largest absolute Gasteiger partial charge is 0.466 e. The Balaban J connectivity index is 2.48. The zero-order chi connectivity index (χ0) is 13.4. The van der Waals surface area contributed by atoms with Crippen LogP contribution in [0.1, 0.15) is 35.7 Å². The minimum Gasteiger partial charge on any atom is -0.466 e. The molecule has 0 amide bonds. The molecule has 4 heteroatoms. The Bertz CT molecular complexity index is 398. The number of Topliss-reactive ketones (excluding diaryl/α,β-unsaturated/α-hetero) is 1. The molecule has 1 rings (SSSR count). The Morgan fingerprint density at radius 2 is 1.83 bits per heavy atom. The molecule has 0 unspecified atom stereocenters. The lowest BCUT2D eigenvalue weighted by molar-refractivity contribution is -0.143. The molecule has 4 nitrogen and oxygen atoms in total. The number of hydrogen-bond acceptors (Lipinski definition) is 4. The van der Waals surface area contributed by atoms with Crippen molar-refractivity contribution in [2.24, 2.45) is 5.73 Å². The van der Waals surface area contributed by atoms with Crippen LogP contribution < -0.4 is 5.73 Å². The standard InChI is InChI=1S/C14H19NO3/c1-2-18-14(17)8-7-13(16)12-5-3-11(4-6-12)9-10-15/h3-6H,2,7-10,15H2,1H3. The van der Waals surface area contributed by atoms with Crippen molar-refractivity contribution in [2.75, 3.05) is 13.2 Å². The van der Waals surface area contributed by atoms with Crippen LogP contribution in [0.2, 0.25) is 0 Å². The molecular weight excluding hydrogens is 230 g/mol. The summed E-state index contributed by atoms with van der Waals surface area (Å²) >= 11 is 0. The van der Waals surface area contributed by atoms with Crippen LogP contribution in [-0.4, -0.2) is 24.9 Å². The quantitative estimate of drug-likeness (QED) is 0.590. The van der Waals surface area contributed by atoms with E-state index >= 15 is 0 Å². The first-order valence-electron chi connectivity index (χ1n) is 6.15. The van der Waals surface area contributed by atoms with E-state index in [1.807, 2.05) is 12.1 Å². The number of rotatable bonds is 7. The van der Waals surface area contributed by atoms with E-state index < -0.39 is 0 Å². The molecule has 0 spiro atoms. The number of carbonyl (C=O) groups is 2. The summed E-state index contributed by atoms with van der Waals surface area (Å²) in [6, 6.07) is 7.34. The molecule has 0 fully saturated rings. The maximum atomic E-state index is 11.8. The topological polar surface area (TPSA) is 69.4 Å². The average Bonchev–Trinajstić information content (AvgIpc) is 2.37. The Morgan fingerprint density at radius 3 is 2.39 bits per heavy atom. The van der Waals surface area contributed by atoms with Crippen LogP contribution in [0.25, 0.3) is 0 Å². The van der Waals surface area contributed by atoms with E-state index in [-0.39, 0.29) is 24.6 Å². The van der Waals surface area contributed by atoms with Gasteiger partial charge in [0.2, 0.25) is 0 Å². The molecule has 2 N–H and O–H groups in total. The lowest BCUT2D eigenvalue weighted by Gasteiger charge is -2.03. The molecule has 0 aliphatic rings. The molecular formula is C14H19NO3. The van der Waals surface area contributed by atoms with Crippen LogP contribution in [-0.2, 0) is 16.0 Å². The average molecular weight is 249 g/mol. The first-order chi connectivity index (χ1) is 8.67. The highest BCUT2D eigenvalue weighted by atomic mass is 16.5. The summed E-state index contributed by atoms with van der Waals surface area (Å²) in [6.07, 6.45) is 1.13. The van der Waals surface area contributed by atoms with Gasteiger partial charge >= 0.3 is 5.97 Å². The van der Waals surface area contributed by atoms with Gasteiger partial charge in [-0.2, -0.15) is 0 Å². The molecule has 0 aliphatic carbocycles. The molecule has 0 bridgehead atoms. The Labute approximate surface area is 107 Å². The summed E-state index contributed by atoms with van der Waals surface area (Å²) in [6.45, 7) is 2.69. The Kier molecular flexibility index (Phi) is 6.08. The van der Waals surface area contributed by atoms with Gasteiger partial charge < -0.3 is 10.5 Å². The van der Waals surface area contributed by atoms with Crippen molar-refractivity contribution in [3.05, 3.63) is 35.4 Å². The van der Waals surface area contributed by atoms with Crippen molar-refractivity contribution in [3.63, 3.8) is 0 Å². The van der Waals surface area contributed by atoms with E-state index in [2.05, 4.69) is 0 Å². The van der Waals surface area contributed by atoms with E-state index in [4.69, 9.17) is 10.5 Å². The normalized spacial score (nSPS) is 10.1. The van der Waals surface area contributed by atoms with E-state index in [1.165, 1.54) is 0 Å². The lowest BCUT2D eigenvalue weighted by Crippen LogP contribution is -2.08. The van der Waals surface area contributed by atoms with Crippen LogP contribution in [0.4, 0.5) is 0 Å². The number of ether oxygens (including phenoxy) is 1. The smallest absolute Gasteiger partial charge is 0.306 e. The van der Waals surface area contributed by atoms with Crippen molar-refractivity contribution in [1.29, 1.82) is 0 Å². The van der Waals surface area contributed by atoms with Gasteiger partial charge in [-0.15, -0.1) is 0 Å². The molecule has 0 aromatic heterocycles. The van der Waals surface area contributed by atoms with E-state index in [0.29, 0.717) is 18.7 Å². The minimum absolute atomic E-state index is 0.0395. The third kappa shape index (κ3) is 4.67. The van der Waals surface area contributed by atoms with Gasteiger partial charge in [-0.3, -0.25) is 9.59 Å². The second-order valence-corrected chi connectivity index (χ2v) is 3.96. The third-order valence-electron chi connectivity index (χ3n) is 2.57. The molecule has 0 heterocycles. The molecule has 0 saturated carbocycles. The Morgan fingerprint density at radius 1 is 1.17 bits per heavy atom. The third-order valence-corrected chi connectivity index (χ3v) is 2.57. The number of esters is 1. The summed E-state index contributed by atoms with van der Waals surface area (Å²) in [4.78, 5) is 22.9. The summed E-state index contributed by atoms with van der Waals surface area (Å²) in [7, 11) is 0. The van der Waals surface area contributed by atoms with E-state index in [1.54, 1.807) is 19.1 Å². The van der Waals surface area contributed by atoms with Crippen molar-refractivity contribution in [1.82, 2.24) is 0 Å². The molecule has 98 valence electrons. The van der Waals surface area contributed by atoms with Gasteiger partial charge in [0.25, 0.3) is 0 Å². The van der Waals surface area contributed by atoms with Gasteiger partial charge in [0.05, 0.1) is 13.0 Å². The second kappa shape index (κ2) is 7.61. The van der Waals surface area contributed by atoms with Crippen LogP contribution in [0.3, 0.4) is 0 Å². The van der Waals surface area contributed by atoms with Gasteiger partial charge in [-0.1, -0.05) is 24.3 Å².